The fourth-order valence-corrected chi connectivity index (χ4v) is 1.74. The zero-order valence-corrected chi connectivity index (χ0v) is 13.5. The van der Waals surface area contributed by atoms with Gasteiger partial charge in [0.15, 0.2) is 11.5 Å². The topological polar surface area (TPSA) is 67.8 Å². The minimum atomic E-state index is -0.263. The zero-order valence-electron chi connectivity index (χ0n) is 13.5. The molecule has 1 rings (SSSR count). The molecule has 0 aliphatic rings. The fraction of sp³-hybridized carbons (Fsp3) is 0.471. The second-order valence-corrected chi connectivity index (χ2v) is 5.04. The molecule has 0 aliphatic heterocycles. The minimum Gasteiger partial charge on any atom is -0.493 e. The number of unbranched alkanes of at least 4 members (excludes halogenated alkanes) is 1. The van der Waals surface area contributed by atoms with Gasteiger partial charge in [-0.3, -0.25) is 4.79 Å². The normalized spacial score (nSPS) is 12.2. The molecule has 122 valence electrons. The lowest BCUT2D eigenvalue weighted by Crippen LogP contribution is -2.33. The molecule has 1 aromatic rings. The highest BCUT2D eigenvalue weighted by Crippen LogP contribution is 2.28. The number of carbonyl (C=O) groups excluding carboxylic acids is 1. The van der Waals surface area contributed by atoms with Crippen LogP contribution in [-0.2, 0) is 4.79 Å². The van der Waals surface area contributed by atoms with Crippen molar-refractivity contribution in [1.29, 1.82) is 0 Å². The molecule has 0 radical (unpaired) electrons. The van der Waals surface area contributed by atoms with E-state index in [0.717, 1.165) is 18.4 Å². The Bertz CT molecular complexity index is 499. The maximum atomic E-state index is 11.6. The van der Waals surface area contributed by atoms with Crippen LogP contribution in [0.2, 0.25) is 0 Å². The Balaban J connectivity index is 2.70. The number of methoxy groups -OCH3 is 1. The minimum absolute atomic E-state index is 0.0861. The molecular weight excluding hydrogens is 282 g/mol. The van der Waals surface area contributed by atoms with Gasteiger partial charge in [0, 0.05) is 12.1 Å². The Morgan fingerprint density at radius 3 is 2.82 bits per heavy atom. The maximum absolute atomic E-state index is 11.6. The van der Waals surface area contributed by atoms with Crippen LogP contribution in [0.4, 0.5) is 0 Å². The molecule has 1 atom stereocenters. The molecule has 1 unspecified atom stereocenters. The van der Waals surface area contributed by atoms with Crippen LogP contribution in [0.5, 0.6) is 11.5 Å². The van der Waals surface area contributed by atoms with Crippen molar-refractivity contribution in [3.63, 3.8) is 0 Å². The van der Waals surface area contributed by atoms with Gasteiger partial charge in [-0.05, 0) is 37.1 Å². The van der Waals surface area contributed by atoms with Gasteiger partial charge in [0.25, 0.3) is 0 Å². The van der Waals surface area contributed by atoms with Crippen molar-refractivity contribution >= 4 is 12.0 Å². The van der Waals surface area contributed by atoms with Crippen LogP contribution in [0, 0.1) is 0 Å². The van der Waals surface area contributed by atoms with Gasteiger partial charge in [0.05, 0.1) is 20.3 Å². The number of aliphatic hydroxyl groups excluding tert-OH is 1. The number of nitrogens with one attached hydrogen (secondary N) is 1. The second-order valence-electron chi connectivity index (χ2n) is 5.04. The predicted octanol–water partition coefficient (Wildman–Crippen LogP) is 2.38. The van der Waals surface area contributed by atoms with Gasteiger partial charge < -0.3 is 19.9 Å². The van der Waals surface area contributed by atoms with Crippen molar-refractivity contribution in [3.8, 4) is 11.5 Å². The summed E-state index contributed by atoms with van der Waals surface area (Å²) in [4.78, 5) is 11.6. The Morgan fingerprint density at radius 2 is 2.18 bits per heavy atom. The second kappa shape index (κ2) is 9.84. The molecule has 0 spiro atoms. The van der Waals surface area contributed by atoms with Gasteiger partial charge in [-0.1, -0.05) is 19.4 Å². The first-order valence-electron chi connectivity index (χ1n) is 7.51. The van der Waals surface area contributed by atoms with Crippen molar-refractivity contribution in [2.24, 2.45) is 0 Å². The van der Waals surface area contributed by atoms with E-state index in [2.05, 4.69) is 12.2 Å². The van der Waals surface area contributed by atoms with E-state index in [9.17, 15) is 4.79 Å². The third-order valence-corrected chi connectivity index (χ3v) is 3.03. The number of ether oxygens (including phenoxy) is 2. The molecule has 5 heteroatoms. The van der Waals surface area contributed by atoms with Gasteiger partial charge in [-0.2, -0.15) is 0 Å². The number of carbonyl (C=O) groups is 1. The van der Waals surface area contributed by atoms with E-state index in [0.29, 0.717) is 18.1 Å². The smallest absolute Gasteiger partial charge is 0.244 e. The molecule has 0 fully saturated rings. The van der Waals surface area contributed by atoms with Crippen LogP contribution in [-0.4, -0.2) is 37.4 Å². The maximum Gasteiger partial charge on any atom is 0.244 e. The van der Waals surface area contributed by atoms with E-state index in [1.165, 1.54) is 6.08 Å². The quantitative estimate of drug-likeness (QED) is 0.543. The highest BCUT2D eigenvalue weighted by Gasteiger charge is 2.05. The average Bonchev–Trinajstić information content (AvgIpc) is 2.53. The number of aliphatic hydroxyl groups is 1. The average molecular weight is 307 g/mol. The summed E-state index contributed by atoms with van der Waals surface area (Å²) in [7, 11) is 1.59. The molecule has 0 saturated carbocycles. The Morgan fingerprint density at radius 1 is 1.41 bits per heavy atom. The van der Waals surface area contributed by atoms with E-state index in [4.69, 9.17) is 14.6 Å². The summed E-state index contributed by atoms with van der Waals surface area (Å²) in [6, 6.07) is 5.26. The molecule has 0 aromatic heterocycles. The van der Waals surface area contributed by atoms with E-state index in [1.807, 2.05) is 18.2 Å². The first-order valence-corrected chi connectivity index (χ1v) is 7.51. The van der Waals surface area contributed by atoms with E-state index < -0.39 is 0 Å². The first-order chi connectivity index (χ1) is 10.6. The van der Waals surface area contributed by atoms with Crippen molar-refractivity contribution in [2.75, 3.05) is 20.3 Å². The summed E-state index contributed by atoms with van der Waals surface area (Å²) < 4.78 is 11.0. The van der Waals surface area contributed by atoms with Crippen LogP contribution in [0.1, 0.15) is 32.3 Å². The summed E-state index contributed by atoms with van der Waals surface area (Å²) in [5, 5.41) is 11.5. The molecule has 0 heterocycles. The Kier molecular flexibility index (Phi) is 8.07. The first kappa shape index (κ1) is 18.0. The molecule has 2 N–H and O–H groups in total. The van der Waals surface area contributed by atoms with Crippen molar-refractivity contribution in [3.05, 3.63) is 29.8 Å². The van der Waals surface area contributed by atoms with E-state index >= 15 is 0 Å². The summed E-state index contributed by atoms with van der Waals surface area (Å²) >= 11 is 0. The molecule has 1 aromatic carbocycles. The Hall–Kier alpha value is -2.01. The van der Waals surface area contributed by atoms with Crippen molar-refractivity contribution < 1.29 is 19.4 Å². The molecule has 0 saturated heterocycles. The van der Waals surface area contributed by atoms with Crippen LogP contribution in [0.15, 0.2) is 24.3 Å². The SMILES string of the molecule is CCCCOc1ccc(/C=C/C(=O)NC(C)CO)cc1OC. The van der Waals surface area contributed by atoms with Gasteiger partial charge in [0.2, 0.25) is 5.91 Å². The van der Waals surface area contributed by atoms with E-state index in [-0.39, 0.29) is 18.6 Å². The summed E-state index contributed by atoms with van der Waals surface area (Å²) in [5.41, 5.74) is 0.839. The summed E-state index contributed by atoms with van der Waals surface area (Å²) in [6.45, 7) is 4.41. The standard InChI is InChI=1S/C17H25NO4/c1-4-5-10-22-15-8-6-14(11-16(15)21-3)7-9-17(20)18-13(2)12-19/h6-9,11,13,19H,4-5,10,12H2,1-3H3,(H,18,20)/b9-7+. The van der Waals surface area contributed by atoms with Gasteiger partial charge >= 0.3 is 0 Å². The number of amides is 1. The van der Waals surface area contributed by atoms with Crippen LogP contribution >= 0.6 is 0 Å². The van der Waals surface area contributed by atoms with Crippen LogP contribution < -0.4 is 14.8 Å². The highest BCUT2D eigenvalue weighted by molar-refractivity contribution is 5.92. The molecule has 0 aliphatic carbocycles. The van der Waals surface area contributed by atoms with E-state index in [1.54, 1.807) is 20.1 Å². The number of hydrogen-bond acceptors (Lipinski definition) is 4. The van der Waals surface area contributed by atoms with Crippen molar-refractivity contribution in [2.45, 2.75) is 32.7 Å². The fourth-order valence-electron chi connectivity index (χ4n) is 1.74. The monoisotopic (exact) mass is 307 g/mol. The largest absolute Gasteiger partial charge is 0.493 e. The van der Waals surface area contributed by atoms with Gasteiger partial charge in [-0.25, -0.2) is 0 Å². The molecule has 1 amide bonds. The lowest BCUT2D eigenvalue weighted by Gasteiger charge is -2.11. The number of benzene rings is 1. The van der Waals surface area contributed by atoms with Crippen molar-refractivity contribution in [1.82, 2.24) is 5.32 Å². The third-order valence-electron chi connectivity index (χ3n) is 3.03. The highest BCUT2D eigenvalue weighted by atomic mass is 16.5. The van der Waals surface area contributed by atoms with Crippen LogP contribution in [0.25, 0.3) is 6.08 Å². The predicted molar refractivity (Wildman–Crippen MR) is 87.1 cm³/mol. The lowest BCUT2D eigenvalue weighted by molar-refractivity contribution is -0.117. The van der Waals surface area contributed by atoms with Crippen LogP contribution in [0.3, 0.4) is 0 Å². The van der Waals surface area contributed by atoms with Gasteiger partial charge in [-0.15, -0.1) is 0 Å². The summed E-state index contributed by atoms with van der Waals surface area (Å²) in [5.74, 6) is 1.10. The molecule has 5 nitrogen and oxygen atoms in total. The molecular formula is C17H25NO4. The lowest BCUT2D eigenvalue weighted by atomic mass is 10.2. The molecule has 0 bridgehead atoms. The molecule has 22 heavy (non-hydrogen) atoms. The van der Waals surface area contributed by atoms with Gasteiger partial charge in [0.1, 0.15) is 0 Å². The Labute approximate surface area is 131 Å². The third kappa shape index (κ3) is 6.18. The summed E-state index contributed by atoms with van der Waals surface area (Å²) in [6.07, 6.45) is 5.19. The number of hydrogen-bond donors (Lipinski definition) is 2. The number of rotatable bonds is 9. The zero-order chi connectivity index (χ0) is 16.4.